The topological polar surface area (TPSA) is 110 Å². The number of amides is 1. The normalized spacial score (nSPS) is 10.1. The van der Waals surface area contributed by atoms with Crippen molar-refractivity contribution in [3.63, 3.8) is 0 Å². The van der Waals surface area contributed by atoms with Crippen LogP contribution in [0.25, 0.3) is 0 Å². The summed E-state index contributed by atoms with van der Waals surface area (Å²) in [5, 5.41) is 8.29. The Morgan fingerprint density at radius 1 is 1.35 bits per heavy atom. The number of aromatic nitrogens is 2. The predicted octanol–water partition coefficient (Wildman–Crippen LogP) is 2.27. The molecule has 0 saturated heterocycles. The lowest BCUT2D eigenvalue weighted by molar-refractivity contribution is 0.214. The molecule has 4 N–H and O–H groups in total. The van der Waals surface area contributed by atoms with E-state index in [4.69, 9.17) is 33.7 Å². The third-order valence-corrected chi connectivity index (χ3v) is 2.62. The van der Waals surface area contributed by atoms with Gasteiger partial charge in [0.2, 0.25) is 5.75 Å². The smallest absolute Gasteiger partial charge is 0.404 e. The quantitative estimate of drug-likeness (QED) is 0.736. The molecule has 0 spiro atoms. The molecular formula is C11H8Cl2N4O3. The summed E-state index contributed by atoms with van der Waals surface area (Å²) in [6, 6.07) is 5.63. The van der Waals surface area contributed by atoms with Gasteiger partial charge in [-0.15, -0.1) is 0 Å². The number of carbonyl (C=O) groups is 1. The van der Waals surface area contributed by atoms with Crippen LogP contribution in [0.3, 0.4) is 0 Å². The second-order valence-corrected chi connectivity index (χ2v) is 4.45. The first-order valence-electron chi connectivity index (χ1n) is 5.25. The fraction of sp³-hybridized carbons (Fsp3) is 0. The minimum Gasteiger partial charge on any atom is -0.404 e. The summed E-state index contributed by atoms with van der Waals surface area (Å²) in [5.41, 5.74) is 5.54. The van der Waals surface area contributed by atoms with Gasteiger partial charge in [-0.2, -0.15) is 5.10 Å². The third-order valence-electron chi connectivity index (χ3n) is 2.19. The SMILES string of the molecule is Nc1cc(Cl)ccc1NC(=O)Oc1cc(Cl)n[nH]c1=O. The van der Waals surface area contributed by atoms with Crippen molar-refractivity contribution in [1.29, 1.82) is 0 Å². The number of hydrogen-bond donors (Lipinski definition) is 3. The van der Waals surface area contributed by atoms with Gasteiger partial charge >= 0.3 is 11.7 Å². The Hall–Kier alpha value is -2.25. The molecule has 0 atom stereocenters. The molecule has 1 amide bonds. The Balaban J connectivity index is 2.13. The van der Waals surface area contributed by atoms with Crippen molar-refractivity contribution in [3.8, 4) is 5.75 Å². The van der Waals surface area contributed by atoms with Crippen molar-refractivity contribution in [2.24, 2.45) is 0 Å². The van der Waals surface area contributed by atoms with Crippen molar-refractivity contribution in [2.45, 2.75) is 0 Å². The zero-order chi connectivity index (χ0) is 14.7. The average Bonchev–Trinajstić information content (AvgIpc) is 2.37. The van der Waals surface area contributed by atoms with Crippen LogP contribution in [-0.4, -0.2) is 16.3 Å². The van der Waals surface area contributed by atoms with Gasteiger partial charge < -0.3 is 10.5 Å². The molecule has 2 rings (SSSR count). The summed E-state index contributed by atoms with van der Waals surface area (Å²) in [7, 11) is 0. The Morgan fingerprint density at radius 2 is 2.10 bits per heavy atom. The third kappa shape index (κ3) is 3.40. The van der Waals surface area contributed by atoms with Gasteiger partial charge in [-0.25, -0.2) is 9.89 Å². The van der Waals surface area contributed by atoms with Crippen LogP contribution in [0.15, 0.2) is 29.1 Å². The van der Waals surface area contributed by atoms with Crippen molar-refractivity contribution >= 4 is 40.7 Å². The van der Waals surface area contributed by atoms with E-state index in [0.717, 1.165) is 6.07 Å². The highest BCUT2D eigenvalue weighted by molar-refractivity contribution is 6.31. The standard InChI is InChI=1S/C11H8Cl2N4O3/c12-5-1-2-7(6(14)3-5)15-11(19)20-8-4-9(13)16-17-10(8)18/h1-4H,14H2,(H,15,19)(H,17,18). The molecule has 0 saturated carbocycles. The maximum atomic E-state index is 11.6. The number of rotatable bonds is 2. The molecule has 0 fully saturated rings. The highest BCUT2D eigenvalue weighted by Crippen LogP contribution is 2.22. The maximum absolute atomic E-state index is 11.6. The van der Waals surface area contributed by atoms with Crippen LogP contribution in [0.5, 0.6) is 5.75 Å². The van der Waals surface area contributed by atoms with E-state index in [2.05, 4.69) is 15.5 Å². The first-order chi connectivity index (χ1) is 9.45. The maximum Gasteiger partial charge on any atom is 0.417 e. The fourth-order valence-electron chi connectivity index (χ4n) is 1.32. The van der Waals surface area contributed by atoms with E-state index in [9.17, 15) is 9.59 Å². The average molecular weight is 315 g/mol. The van der Waals surface area contributed by atoms with E-state index in [1.165, 1.54) is 12.1 Å². The number of nitrogens with two attached hydrogens (primary N) is 1. The van der Waals surface area contributed by atoms with Crippen molar-refractivity contribution in [1.82, 2.24) is 10.2 Å². The number of hydrogen-bond acceptors (Lipinski definition) is 5. The van der Waals surface area contributed by atoms with Crippen LogP contribution in [-0.2, 0) is 0 Å². The summed E-state index contributed by atoms with van der Waals surface area (Å²) >= 11 is 11.3. The molecule has 104 valence electrons. The molecule has 9 heteroatoms. The number of carbonyl (C=O) groups excluding carboxylic acids is 1. The minimum absolute atomic E-state index is 0.0154. The first kappa shape index (κ1) is 14.2. The number of nitrogen functional groups attached to an aromatic ring is 1. The number of nitrogens with zero attached hydrogens (tertiary/aromatic N) is 1. The number of halogens is 2. The van der Waals surface area contributed by atoms with Gasteiger partial charge in [-0.3, -0.25) is 10.1 Å². The van der Waals surface area contributed by atoms with Crippen LogP contribution in [0.4, 0.5) is 16.2 Å². The zero-order valence-corrected chi connectivity index (χ0v) is 11.3. The summed E-state index contributed by atoms with van der Waals surface area (Å²) in [4.78, 5) is 23.0. The van der Waals surface area contributed by atoms with Crippen LogP contribution < -0.4 is 21.3 Å². The van der Waals surface area contributed by atoms with E-state index >= 15 is 0 Å². The van der Waals surface area contributed by atoms with Gasteiger partial charge in [0.05, 0.1) is 11.4 Å². The molecular weight excluding hydrogens is 307 g/mol. The van der Waals surface area contributed by atoms with E-state index in [-0.39, 0.29) is 16.6 Å². The molecule has 2 aromatic rings. The Labute approximate surface area is 122 Å². The first-order valence-corrected chi connectivity index (χ1v) is 6.00. The molecule has 1 aromatic heterocycles. The molecule has 0 aliphatic carbocycles. The lowest BCUT2D eigenvalue weighted by Crippen LogP contribution is -2.22. The fourth-order valence-corrected chi connectivity index (χ4v) is 1.65. The largest absolute Gasteiger partial charge is 0.417 e. The molecule has 7 nitrogen and oxygen atoms in total. The molecule has 0 aliphatic rings. The van der Waals surface area contributed by atoms with Gasteiger partial charge in [0.15, 0.2) is 5.15 Å². The van der Waals surface area contributed by atoms with Gasteiger partial charge in [0.1, 0.15) is 0 Å². The Bertz CT molecular complexity index is 717. The molecule has 20 heavy (non-hydrogen) atoms. The number of aromatic amines is 1. The molecule has 1 heterocycles. The predicted molar refractivity (Wildman–Crippen MR) is 75.4 cm³/mol. The van der Waals surface area contributed by atoms with Crippen molar-refractivity contribution < 1.29 is 9.53 Å². The summed E-state index contributed by atoms with van der Waals surface area (Å²) in [6.45, 7) is 0. The molecule has 0 bridgehead atoms. The van der Waals surface area contributed by atoms with Gasteiger partial charge in [-0.05, 0) is 18.2 Å². The second-order valence-electron chi connectivity index (χ2n) is 3.63. The summed E-state index contributed by atoms with van der Waals surface area (Å²) in [5.74, 6) is -0.282. The minimum atomic E-state index is -0.896. The van der Waals surface area contributed by atoms with Crippen LogP contribution in [0.2, 0.25) is 10.2 Å². The monoisotopic (exact) mass is 314 g/mol. The van der Waals surface area contributed by atoms with Crippen LogP contribution in [0.1, 0.15) is 0 Å². The number of ether oxygens (including phenoxy) is 1. The summed E-state index contributed by atoms with van der Waals surface area (Å²) < 4.78 is 4.81. The van der Waals surface area contributed by atoms with Crippen LogP contribution in [0, 0.1) is 0 Å². The second kappa shape index (κ2) is 5.81. The molecule has 0 aliphatic heterocycles. The van der Waals surface area contributed by atoms with E-state index in [0.29, 0.717) is 10.7 Å². The van der Waals surface area contributed by atoms with Gasteiger partial charge in [-0.1, -0.05) is 23.2 Å². The van der Waals surface area contributed by atoms with E-state index < -0.39 is 11.7 Å². The van der Waals surface area contributed by atoms with Crippen molar-refractivity contribution in [3.05, 3.63) is 44.8 Å². The highest BCUT2D eigenvalue weighted by atomic mass is 35.5. The molecule has 1 aromatic carbocycles. The lowest BCUT2D eigenvalue weighted by atomic mass is 10.3. The number of benzene rings is 1. The molecule has 0 unspecified atom stereocenters. The van der Waals surface area contributed by atoms with Gasteiger partial charge in [0.25, 0.3) is 0 Å². The van der Waals surface area contributed by atoms with E-state index in [1.807, 2.05) is 0 Å². The number of H-pyrrole nitrogens is 1. The number of nitrogens with one attached hydrogen (secondary N) is 2. The Morgan fingerprint density at radius 3 is 2.80 bits per heavy atom. The molecule has 0 radical (unpaired) electrons. The summed E-state index contributed by atoms with van der Waals surface area (Å²) in [6.07, 6.45) is -0.896. The highest BCUT2D eigenvalue weighted by Gasteiger charge is 2.11. The van der Waals surface area contributed by atoms with Gasteiger partial charge in [0, 0.05) is 11.1 Å². The lowest BCUT2D eigenvalue weighted by Gasteiger charge is -2.08. The Kier molecular flexibility index (Phi) is 4.11. The number of anilines is 2. The zero-order valence-electron chi connectivity index (χ0n) is 9.81. The van der Waals surface area contributed by atoms with E-state index in [1.54, 1.807) is 6.07 Å². The van der Waals surface area contributed by atoms with Crippen LogP contribution >= 0.6 is 23.2 Å². The van der Waals surface area contributed by atoms with Crippen molar-refractivity contribution in [2.75, 3.05) is 11.1 Å².